The molecule has 140 valence electrons. The van der Waals surface area contributed by atoms with Crippen LogP contribution in [0.5, 0.6) is 0 Å². The average Bonchev–Trinajstić information content (AvgIpc) is 2.55. The largest absolute Gasteiger partial charge is 0.444 e. The number of halogens is 2. The summed E-state index contributed by atoms with van der Waals surface area (Å²) < 4.78 is 31.8. The highest BCUT2D eigenvalue weighted by atomic mass is 19.1. The standard InChI is InChI=1S/C20H23F2NO3/c1-20(2,3)26-19(25)23-17(12-24)18(13-4-8-15(21)9-5-13)14-6-10-16(22)11-7-14/h4-11,17-18,24H,12H2,1-3H3,(H,23,25)/t17-/m1/s1. The summed E-state index contributed by atoms with van der Waals surface area (Å²) in [5, 5.41) is 12.5. The normalized spacial score (nSPS) is 12.7. The van der Waals surface area contributed by atoms with Gasteiger partial charge in [0.1, 0.15) is 17.2 Å². The second-order valence-electron chi connectivity index (χ2n) is 7.02. The highest BCUT2D eigenvalue weighted by Gasteiger charge is 2.28. The van der Waals surface area contributed by atoms with Crippen molar-refractivity contribution < 1.29 is 23.4 Å². The van der Waals surface area contributed by atoms with Crippen LogP contribution in [-0.2, 0) is 4.74 Å². The fourth-order valence-electron chi connectivity index (χ4n) is 2.69. The number of hydrogen-bond acceptors (Lipinski definition) is 3. The van der Waals surface area contributed by atoms with Gasteiger partial charge in [-0.25, -0.2) is 13.6 Å². The molecule has 4 nitrogen and oxygen atoms in total. The first-order valence-corrected chi connectivity index (χ1v) is 8.31. The van der Waals surface area contributed by atoms with Crippen LogP contribution in [0, 0.1) is 11.6 Å². The molecule has 1 amide bonds. The van der Waals surface area contributed by atoms with Crippen molar-refractivity contribution in [3.05, 3.63) is 71.3 Å². The first-order chi connectivity index (χ1) is 12.2. The summed E-state index contributed by atoms with van der Waals surface area (Å²) in [5.74, 6) is -1.30. The first kappa shape index (κ1) is 19.8. The minimum Gasteiger partial charge on any atom is -0.444 e. The first-order valence-electron chi connectivity index (χ1n) is 8.31. The van der Waals surface area contributed by atoms with E-state index in [0.717, 1.165) is 0 Å². The van der Waals surface area contributed by atoms with E-state index in [1.807, 2.05) is 0 Å². The van der Waals surface area contributed by atoms with Crippen LogP contribution in [-0.4, -0.2) is 29.4 Å². The van der Waals surface area contributed by atoms with Crippen LogP contribution < -0.4 is 5.32 Å². The lowest BCUT2D eigenvalue weighted by Gasteiger charge is -2.29. The van der Waals surface area contributed by atoms with Crippen molar-refractivity contribution in [2.45, 2.75) is 38.3 Å². The maximum absolute atomic E-state index is 13.3. The lowest BCUT2D eigenvalue weighted by Crippen LogP contribution is -2.44. The Morgan fingerprint density at radius 2 is 1.42 bits per heavy atom. The number of carbonyl (C=O) groups excluding carboxylic acids is 1. The van der Waals surface area contributed by atoms with Crippen molar-refractivity contribution in [3.63, 3.8) is 0 Å². The summed E-state index contributed by atoms with van der Waals surface area (Å²) in [4.78, 5) is 12.1. The number of aliphatic hydroxyl groups excluding tert-OH is 1. The molecular weight excluding hydrogens is 340 g/mol. The van der Waals surface area contributed by atoms with Crippen LogP contribution in [0.4, 0.5) is 13.6 Å². The van der Waals surface area contributed by atoms with E-state index in [9.17, 15) is 18.7 Å². The zero-order valence-corrected chi connectivity index (χ0v) is 15.0. The van der Waals surface area contributed by atoms with E-state index in [1.165, 1.54) is 24.3 Å². The lowest BCUT2D eigenvalue weighted by atomic mass is 9.85. The number of carbonyl (C=O) groups is 1. The molecule has 0 bridgehead atoms. The van der Waals surface area contributed by atoms with Gasteiger partial charge in [0.2, 0.25) is 0 Å². The maximum Gasteiger partial charge on any atom is 0.407 e. The molecule has 26 heavy (non-hydrogen) atoms. The zero-order valence-electron chi connectivity index (χ0n) is 15.0. The molecule has 6 heteroatoms. The van der Waals surface area contributed by atoms with Gasteiger partial charge in [-0.2, -0.15) is 0 Å². The van der Waals surface area contributed by atoms with Crippen LogP contribution in [0.15, 0.2) is 48.5 Å². The van der Waals surface area contributed by atoms with E-state index in [2.05, 4.69) is 5.32 Å². The molecule has 0 aromatic heterocycles. The van der Waals surface area contributed by atoms with Crippen molar-refractivity contribution in [3.8, 4) is 0 Å². The van der Waals surface area contributed by atoms with Crippen molar-refractivity contribution in [2.75, 3.05) is 6.61 Å². The monoisotopic (exact) mass is 363 g/mol. The molecule has 0 aliphatic heterocycles. The molecule has 0 heterocycles. The predicted molar refractivity (Wildman–Crippen MR) is 94.9 cm³/mol. The van der Waals surface area contributed by atoms with Crippen LogP contribution in [0.3, 0.4) is 0 Å². The van der Waals surface area contributed by atoms with E-state index in [4.69, 9.17) is 4.74 Å². The molecule has 2 rings (SSSR count). The van der Waals surface area contributed by atoms with Gasteiger partial charge in [-0.15, -0.1) is 0 Å². The van der Waals surface area contributed by atoms with Crippen LogP contribution >= 0.6 is 0 Å². The fraction of sp³-hybridized carbons (Fsp3) is 0.350. The van der Waals surface area contributed by atoms with Gasteiger partial charge in [-0.3, -0.25) is 0 Å². The summed E-state index contributed by atoms with van der Waals surface area (Å²) in [6, 6.07) is 10.8. The third-order valence-corrected chi connectivity index (χ3v) is 3.76. The summed E-state index contributed by atoms with van der Waals surface area (Å²) in [7, 11) is 0. The second-order valence-corrected chi connectivity index (χ2v) is 7.02. The molecule has 1 atom stereocenters. The highest BCUT2D eigenvalue weighted by Crippen LogP contribution is 2.29. The molecule has 0 radical (unpaired) electrons. The van der Waals surface area contributed by atoms with Crippen molar-refractivity contribution in [2.24, 2.45) is 0 Å². The zero-order chi connectivity index (χ0) is 19.3. The average molecular weight is 363 g/mol. The molecule has 0 saturated heterocycles. The van der Waals surface area contributed by atoms with Crippen LogP contribution in [0.25, 0.3) is 0 Å². The number of rotatable bonds is 5. The molecule has 0 aliphatic carbocycles. The molecule has 2 N–H and O–H groups in total. The fourth-order valence-corrected chi connectivity index (χ4v) is 2.69. The van der Waals surface area contributed by atoms with E-state index in [-0.39, 0.29) is 6.61 Å². The second kappa shape index (κ2) is 8.27. The smallest absolute Gasteiger partial charge is 0.407 e. The lowest BCUT2D eigenvalue weighted by molar-refractivity contribution is 0.0476. The minimum absolute atomic E-state index is 0.376. The van der Waals surface area contributed by atoms with E-state index >= 15 is 0 Å². The SMILES string of the molecule is CC(C)(C)OC(=O)N[C@H](CO)C(c1ccc(F)cc1)c1ccc(F)cc1. The van der Waals surface area contributed by atoms with Gasteiger partial charge in [-0.1, -0.05) is 24.3 Å². The minimum atomic E-state index is -0.735. The van der Waals surface area contributed by atoms with Gasteiger partial charge in [0.25, 0.3) is 0 Å². The predicted octanol–water partition coefficient (Wildman–Crippen LogP) is 3.98. The van der Waals surface area contributed by atoms with E-state index in [0.29, 0.717) is 11.1 Å². The van der Waals surface area contributed by atoms with Gasteiger partial charge in [0.15, 0.2) is 0 Å². The molecular formula is C20H23F2NO3. The summed E-state index contributed by atoms with van der Waals surface area (Å²) in [6.07, 6.45) is -0.675. The third-order valence-electron chi connectivity index (χ3n) is 3.76. The van der Waals surface area contributed by atoms with E-state index in [1.54, 1.807) is 45.0 Å². The number of hydrogen-bond donors (Lipinski definition) is 2. The van der Waals surface area contributed by atoms with E-state index < -0.39 is 35.3 Å². The number of nitrogens with one attached hydrogen (secondary N) is 1. The number of benzene rings is 2. The molecule has 0 spiro atoms. The topological polar surface area (TPSA) is 58.6 Å². The Labute approximate surface area is 151 Å². The Morgan fingerprint density at radius 1 is 1.00 bits per heavy atom. The molecule has 2 aromatic carbocycles. The summed E-state index contributed by atoms with van der Waals surface area (Å²) >= 11 is 0. The Balaban J connectivity index is 2.35. The molecule has 2 aromatic rings. The van der Waals surface area contributed by atoms with Gasteiger partial charge >= 0.3 is 6.09 Å². The van der Waals surface area contributed by atoms with Crippen LogP contribution in [0.1, 0.15) is 37.8 Å². The Hall–Kier alpha value is -2.47. The Bertz CT molecular complexity index is 679. The van der Waals surface area contributed by atoms with Crippen molar-refractivity contribution in [1.29, 1.82) is 0 Å². The molecule has 0 saturated carbocycles. The highest BCUT2D eigenvalue weighted by molar-refractivity contribution is 5.68. The molecule has 0 unspecified atom stereocenters. The number of aliphatic hydroxyl groups is 1. The van der Waals surface area contributed by atoms with Crippen molar-refractivity contribution >= 4 is 6.09 Å². The Morgan fingerprint density at radius 3 is 1.77 bits per heavy atom. The number of alkyl carbamates (subject to hydrolysis) is 1. The molecule has 0 fully saturated rings. The number of ether oxygens (including phenoxy) is 1. The van der Waals surface area contributed by atoms with Crippen molar-refractivity contribution in [1.82, 2.24) is 5.32 Å². The molecule has 0 aliphatic rings. The maximum atomic E-state index is 13.3. The van der Waals surface area contributed by atoms with Gasteiger partial charge in [-0.05, 0) is 56.2 Å². The van der Waals surface area contributed by atoms with Gasteiger partial charge in [0, 0.05) is 5.92 Å². The summed E-state index contributed by atoms with van der Waals surface area (Å²) in [5.41, 5.74) is 0.659. The number of amides is 1. The Kier molecular flexibility index (Phi) is 6.32. The third kappa shape index (κ3) is 5.52. The van der Waals surface area contributed by atoms with Gasteiger partial charge < -0.3 is 15.2 Å². The summed E-state index contributed by atoms with van der Waals surface area (Å²) in [6.45, 7) is 4.83. The van der Waals surface area contributed by atoms with Crippen LogP contribution in [0.2, 0.25) is 0 Å². The quantitative estimate of drug-likeness (QED) is 0.845. The van der Waals surface area contributed by atoms with Gasteiger partial charge in [0.05, 0.1) is 12.6 Å².